The van der Waals surface area contributed by atoms with Crippen LogP contribution in [0, 0.1) is 0 Å². The fraction of sp³-hybridized carbons (Fsp3) is 0.500. The predicted octanol–water partition coefficient (Wildman–Crippen LogP) is 2.84. The van der Waals surface area contributed by atoms with Crippen molar-refractivity contribution in [2.24, 2.45) is 0 Å². The third-order valence-corrected chi connectivity index (χ3v) is 3.06. The summed E-state index contributed by atoms with van der Waals surface area (Å²) in [6, 6.07) is 8.04. The summed E-state index contributed by atoms with van der Waals surface area (Å²) in [5.41, 5.74) is 0.335. The van der Waals surface area contributed by atoms with Crippen molar-refractivity contribution in [1.82, 2.24) is 4.90 Å². The van der Waals surface area contributed by atoms with Gasteiger partial charge in [0.05, 0.1) is 12.7 Å². The van der Waals surface area contributed by atoms with E-state index in [0.717, 1.165) is 25.3 Å². The van der Waals surface area contributed by atoms with Crippen LogP contribution in [0.5, 0.6) is 5.75 Å². The maximum absolute atomic E-state index is 10.1. The van der Waals surface area contributed by atoms with E-state index in [1.54, 1.807) is 20.1 Å². The molecule has 0 spiro atoms. The Hall–Kier alpha value is -1.32. The van der Waals surface area contributed by atoms with Crippen molar-refractivity contribution < 1.29 is 9.84 Å². The molecule has 1 atom stereocenters. The van der Waals surface area contributed by atoms with Gasteiger partial charge in [0.15, 0.2) is 0 Å². The summed E-state index contributed by atoms with van der Waals surface area (Å²) in [5.74, 6) is 0.865. The average Bonchev–Trinajstić information content (AvgIpc) is 2.39. The predicted molar refractivity (Wildman–Crippen MR) is 79.4 cm³/mol. The second-order valence-corrected chi connectivity index (χ2v) is 5.12. The van der Waals surface area contributed by atoms with E-state index in [1.807, 2.05) is 18.2 Å². The Balaban J connectivity index is 2.74. The van der Waals surface area contributed by atoms with Crippen LogP contribution in [0.2, 0.25) is 0 Å². The molecule has 0 fully saturated rings. The summed E-state index contributed by atoms with van der Waals surface area (Å²) in [7, 11) is 1.67. The maximum Gasteiger partial charge on any atom is 0.119 e. The Morgan fingerprint density at radius 1 is 1.47 bits per heavy atom. The molecule has 1 unspecified atom stereocenters. The first-order valence-electron chi connectivity index (χ1n) is 6.72. The zero-order chi connectivity index (χ0) is 14.3. The van der Waals surface area contributed by atoms with Crippen molar-refractivity contribution in [2.75, 3.05) is 20.2 Å². The van der Waals surface area contributed by atoms with Crippen molar-refractivity contribution in [3.8, 4) is 5.75 Å². The first-order valence-corrected chi connectivity index (χ1v) is 6.72. The molecule has 0 bridgehead atoms. The molecule has 0 heterocycles. The maximum atomic E-state index is 10.1. The fourth-order valence-corrected chi connectivity index (χ4v) is 2.08. The van der Waals surface area contributed by atoms with Crippen LogP contribution in [0.25, 0.3) is 0 Å². The summed E-state index contributed by atoms with van der Waals surface area (Å²) in [4.78, 5) is 2.23. The summed E-state index contributed by atoms with van der Waals surface area (Å²) >= 11 is 0. The van der Waals surface area contributed by atoms with E-state index in [9.17, 15) is 5.11 Å². The fourth-order valence-electron chi connectivity index (χ4n) is 2.08. The minimum absolute atomic E-state index is 0.585. The summed E-state index contributed by atoms with van der Waals surface area (Å²) in [6.07, 6.45) is 2.65. The quantitative estimate of drug-likeness (QED) is 0.732. The number of aliphatic hydroxyl groups is 1. The van der Waals surface area contributed by atoms with Gasteiger partial charge in [-0.15, -0.1) is 6.58 Å². The van der Waals surface area contributed by atoms with E-state index in [1.165, 1.54) is 5.56 Å². The Morgan fingerprint density at radius 2 is 2.21 bits per heavy atom. The number of hydrogen-bond acceptors (Lipinski definition) is 3. The second-order valence-electron chi connectivity index (χ2n) is 5.12. The standard InChI is InChI=1S/C16H25NO2/c1-5-10-17(13-16(3,18)6-2)12-14-8-7-9-15(11-14)19-4/h6-9,11,18H,2,5,10,12-13H2,1,3-4H3. The molecule has 0 amide bonds. The highest BCUT2D eigenvalue weighted by Crippen LogP contribution is 2.16. The van der Waals surface area contributed by atoms with Gasteiger partial charge in [-0.1, -0.05) is 25.1 Å². The van der Waals surface area contributed by atoms with Gasteiger partial charge in [0.2, 0.25) is 0 Å². The molecule has 0 aliphatic carbocycles. The lowest BCUT2D eigenvalue weighted by Gasteiger charge is -2.29. The number of benzene rings is 1. The van der Waals surface area contributed by atoms with Gasteiger partial charge >= 0.3 is 0 Å². The summed E-state index contributed by atoms with van der Waals surface area (Å²) < 4.78 is 5.23. The van der Waals surface area contributed by atoms with Crippen molar-refractivity contribution in [3.63, 3.8) is 0 Å². The van der Waals surface area contributed by atoms with Gasteiger partial charge in [-0.3, -0.25) is 4.90 Å². The number of hydrogen-bond donors (Lipinski definition) is 1. The molecule has 1 rings (SSSR count). The lowest BCUT2D eigenvalue weighted by molar-refractivity contribution is 0.0588. The molecule has 1 aromatic rings. The van der Waals surface area contributed by atoms with E-state index in [-0.39, 0.29) is 0 Å². The SMILES string of the molecule is C=CC(C)(O)CN(CCC)Cc1cccc(OC)c1. The highest BCUT2D eigenvalue weighted by atomic mass is 16.5. The van der Waals surface area contributed by atoms with E-state index >= 15 is 0 Å². The number of methoxy groups -OCH3 is 1. The van der Waals surface area contributed by atoms with Gasteiger partial charge in [-0.05, 0) is 37.6 Å². The molecule has 0 aromatic heterocycles. The van der Waals surface area contributed by atoms with E-state index in [0.29, 0.717) is 6.54 Å². The normalized spacial score (nSPS) is 14.2. The Kier molecular flexibility index (Phi) is 6.06. The van der Waals surface area contributed by atoms with Gasteiger partial charge in [0, 0.05) is 13.1 Å². The monoisotopic (exact) mass is 263 g/mol. The smallest absolute Gasteiger partial charge is 0.119 e. The third kappa shape index (κ3) is 5.45. The topological polar surface area (TPSA) is 32.7 Å². The van der Waals surface area contributed by atoms with Crippen molar-refractivity contribution in [3.05, 3.63) is 42.5 Å². The summed E-state index contributed by atoms with van der Waals surface area (Å²) in [5, 5.41) is 10.1. The number of ether oxygens (including phenoxy) is 1. The van der Waals surface area contributed by atoms with Crippen LogP contribution in [0.4, 0.5) is 0 Å². The van der Waals surface area contributed by atoms with E-state index in [2.05, 4.69) is 24.5 Å². The van der Waals surface area contributed by atoms with Gasteiger partial charge in [0.1, 0.15) is 5.75 Å². The lowest BCUT2D eigenvalue weighted by Crippen LogP contribution is -2.39. The van der Waals surface area contributed by atoms with Crippen LogP contribution in [0.1, 0.15) is 25.8 Å². The molecule has 0 saturated carbocycles. The number of rotatable bonds is 8. The van der Waals surface area contributed by atoms with Gasteiger partial charge < -0.3 is 9.84 Å². The average molecular weight is 263 g/mol. The molecule has 0 aliphatic rings. The third-order valence-electron chi connectivity index (χ3n) is 3.06. The molecule has 0 aliphatic heterocycles. The van der Waals surface area contributed by atoms with E-state index in [4.69, 9.17) is 4.74 Å². The van der Waals surface area contributed by atoms with Crippen molar-refractivity contribution >= 4 is 0 Å². The molecular formula is C16H25NO2. The molecule has 106 valence electrons. The van der Waals surface area contributed by atoms with Gasteiger partial charge in [-0.25, -0.2) is 0 Å². The highest BCUT2D eigenvalue weighted by molar-refractivity contribution is 5.28. The highest BCUT2D eigenvalue weighted by Gasteiger charge is 2.20. The Bertz CT molecular complexity index is 401. The minimum atomic E-state index is -0.853. The first-order chi connectivity index (χ1) is 9.00. The zero-order valence-corrected chi connectivity index (χ0v) is 12.2. The molecule has 0 radical (unpaired) electrons. The molecule has 19 heavy (non-hydrogen) atoms. The molecular weight excluding hydrogens is 238 g/mol. The Labute approximate surface area is 116 Å². The zero-order valence-electron chi connectivity index (χ0n) is 12.2. The van der Waals surface area contributed by atoms with Crippen molar-refractivity contribution in [2.45, 2.75) is 32.4 Å². The molecule has 0 saturated heterocycles. The molecule has 1 aromatic carbocycles. The van der Waals surface area contributed by atoms with Crippen LogP contribution < -0.4 is 4.74 Å². The largest absolute Gasteiger partial charge is 0.497 e. The van der Waals surface area contributed by atoms with Crippen LogP contribution >= 0.6 is 0 Å². The van der Waals surface area contributed by atoms with Crippen molar-refractivity contribution in [1.29, 1.82) is 0 Å². The summed E-state index contributed by atoms with van der Waals surface area (Å²) in [6.45, 7) is 9.94. The van der Waals surface area contributed by atoms with Gasteiger partial charge in [-0.2, -0.15) is 0 Å². The molecule has 3 heteroatoms. The lowest BCUT2D eigenvalue weighted by atomic mass is 10.1. The Morgan fingerprint density at radius 3 is 2.79 bits per heavy atom. The minimum Gasteiger partial charge on any atom is -0.497 e. The van der Waals surface area contributed by atoms with Crippen LogP contribution in [0.3, 0.4) is 0 Å². The number of nitrogens with zero attached hydrogens (tertiary/aromatic N) is 1. The van der Waals surface area contributed by atoms with Crippen LogP contribution in [-0.2, 0) is 6.54 Å². The molecule has 1 N–H and O–H groups in total. The van der Waals surface area contributed by atoms with Crippen LogP contribution in [-0.4, -0.2) is 35.8 Å². The van der Waals surface area contributed by atoms with Gasteiger partial charge in [0.25, 0.3) is 0 Å². The van der Waals surface area contributed by atoms with E-state index < -0.39 is 5.60 Å². The second kappa shape index (κ2) is 7.31. The first kappa shape index (κ1) is 15.7. The molecule has 3 nitrogen and oxygen atoms in total. The van der Waals surface area contributed by atoms with Crippen LogP contribution in [0.15, 0.2) is 36.9 Å².